The topological polar surface area (TPSA) is 115 Å². The molecule has 0 aliphatic carbocycles. The van der Waals surface area contributed by atoms with E-state index >= 15 is 0 Å². The van der Waals surface area contributed by atoms with E-state index in [-0.39, 0.29) is 34.6 Å². The minimum atomic E-state index is -0.646. The van der Waals surface area contributed by atoms with Gasteiger partial charge in [-0.3, -0.25) is 23.6 Å². The molecule has 2 saturated heterocycles. The number of nitrogens with one attached hydrogen (secondary N) is 2. The molecule has 1 atom stereocenters. The first-order valence-corrected chi connectivity index (χ1v) is 14.6. The van der Waals surface area contributed by atoms with Gasteiger partial charge in [0.05, 0.1) is 49.5 Å². The molecule has 43 heavy (non-hydrogen) atoms. The number of fused-ring (bicyclic) bond motifs is 1. The summed E-state index contributed by atoms with van der Waals surface area (Å²) in [6.07, 6.45) is 8.72. The van der Waals surface area contributed by atoms with Crippen LogP contribution in [0.15, 0.2) is 55.1 Å². The third-order valence-corrected chi connectivity index (χ3v) is 7.98. The van der Waals surface area contributed by atoms with Crippen LogP contribution in [0.25, 0.3) is 16.8 Å². The highest BCUT2D eigenvalue weighted by atomic mass is 19.1. The van der Waals surface area contributed by atoms with Gasteiger partial charge in [0.2, 0.25) is 0 Å². The van der Waals surface area contributed by atoms with E-state index in [9.17, 15) is 14.0 Å². The SMILES string of the molecule is CC1(C)CCC(CNC(=O)c2ccc(F)c(NC(=O)c3cnc4cc(-c5cnn(CCN6CCOCC6)c5)ccn34)c2)O1. The summed E-state index contributed by atoms with van der Waals surface area (Å²) < 4.78 is 29.6. The summed E-state index contributed by atoms with van der Waals surface area (Å²) in [4.78, 5) is 32.7. The molecule has 3 aromatic heterocycles. The van der Waals surface area contributed by atoms with Crippen LogP contribution in [0, 0.1) is 5.82 Å². The van der Waals surface area contributed by atoms with E-state index in [1.165, 1.54) is 24.4 Å². The van der Waals surface area contributed by atoms with Crippen LogP contribution in [0.4, 0.5) is 10.1 Å². The smallest absolute Gasteiger partial charge is 0.274 e. The van der Waals surface area contributed by atoms with E-state index in [4.69, 9.17) is 9.47 Å². The lowest BCUT2D eigenvalue weighted by atomic mass is 10.1. The van der Waals surface area contributed by atoms with Crippen LogP contribution >= 0.6 is 0 Å². The number of pyridine rings is 1. The minimum absolute atomic E-state index is 0.0641. The Morgan fingerprint density at radius 3 is 2.70 bits per heavy atom. The molecule has 12 heteroatoms. The fourth-order valence-electron chi connectivity index (χ4n) is 5.51. The highest BCUT2D eigenvalue weighted by Gasteiger charge is 2.31. The number of hydrogen-bond donors (Lipinski definition) is 2. The molecule has 0 bridgehead atoms. The van der Waals surface area contributed by atoms with Crippen molar-refractivity contribution < 1.29 is 23.5 Å². The van der Waals surface area contributed by atoms with Gasteiger partial charge in [-0.15, -0.1) is 0 Å². The molecule has 2 N–H and O–H groups in total. The fourth-order valence-corrected chi connectivity index (χ4v) is 5.51. The van der Waals surface area contributed by atoms with Gasteiger partial charge in [-0.2, -0.15) is 5.10 Å². The molecule has 0 saturated carbocycles. The van der Waals surface area contributed by atoms with Gasteiger partial charge >= 0.3 is 0 Å². The summed E-state index contributed by atoms with van der Waals surface area (Å²) in [5, 5.41) is 9.94. The van der Waals surface area contributed by atoms with Crippen molar-refractivity contribution in [2.45, 2.75) is 44.9 Å². The van der Waals surface area contributed by atoms with Gasteiger partial charge in [0.25, 0.3) is 11.8 Å². The van der Waals surface area contributed by atoms with Crippen molar-refractivity contribution >= 4 is 23.1 Å². The molecule has 0 radical (unpaired) electrons. The predicted octanol–water partition coefficient (Wildman–Crippen LogP) is 3.61. The number of morpholine rings is 1. The number of imidazole rings is 1. The third kappa shape index (κ3) is 6.76. The summed E-state index contributed by atoms with van der Waals surface area (Å²) in [5.74, 6) is -1.56. The highest BCUT2D eigenvalue weighted by Crippen LogP contribution is 2.29. The van der Waals surface area contributed by atoms with Crippen molar-refractivity contribution in [1.82, 2.24) is 29.4 Å². The number of rotatable bonds is 9. The van der Waals surface area contributed by atoms with Crippen LogP contribution in [0.5, 0.6) is 0 Å². The first kappa shape index (κ1) is 29.0. The molecular formula is C31H36FN7O4. The molecule has 6 rings (SSSR count). The first-order valence-electron chi connectivity index (χ1n) is 14.6. The summed E-state index contributed by atoms with van der Waals surface area (Å²) >= 11 is 0. The Morgan fingerprint density at radius 1 is 1.07 bits per heavy atom. The second-order valence-electron chi connectivity index (χ2n) is 11.6. The zero-order valence-electron chi connectivity index (χ0n) is 24.4. The number of anilines is 1. The Kier molecular flexibility index (Phi) is 8.24. The largest absolute Gasteiger partial charge is 0.379 e. The zero-order valence-corrected chi connectivity index (χ0v) is 24.4. The van der Waals surface area contributed by atoms with Crippen LogP contribution in [0.3, 0.4) is 0 Å². The van der Waals surface area contributed by atoms with Gasteiger partial charge in [0, 0.05) is 49.7 Å². The maximum absolute atomic E-state index is 14.7. The number of benzene rings is 1. The molecule has 2 fully saturated rings. The summed E-state index contributed by atoms with van der Waals surface area (Å²) in [5.41, 5.74) is 2.61. The van der Waals surface area contributed by atoms with Gasteiger partial charge in [-0.05, 0) is 62.6 Å². The molecule has 1 aromatic carbocycles. The van der Waals surface area contributed by atoms with Crippen molar-refractivity contribution in [3.63, 3.8) is 0 Å². The maximum atomic E-state index is 14.7. The third-order valence-electron chi connectivity index (χ3n) is 7.98. The molecular weight excluding hydrogens is 553 g/mol. The van der Waals surface area contributed by atoms with Crippen molar-refractivity contribution in [1.29, 1.82) is 0 Å². The van der Waals surface area contributed by atoms with Crippen LogP contribution in [-0.4, -0.2) is 87.0 Å². The van der Waals surface area contributed by atoms with E-state index in [0.717, 1.165) is 63.4 Å². The van der Waals surface area contributed by atoms with Crippen LogP contribution in [0.1, 0.15) is 47.5 Å². The normalized spacial score (nSPS) is 18.6. The molecule has 226 valence electrons. The Bertz CT molecular complexity index is 1630. The predicted molar refractivity (Wildman–Crippen MR) is 159 cm³/mol. The average Bonchev–Trinajstić information content (AvgIpc) is 3.74. The Labute approximate surface area is 249 Å². The zero-order chi connectivity index (χ0) is 30.0. The van der Waals surface area contributed by atoms with Gasteiger partial charge < -0.3 is 20.1 Å². The standard InChI is InChI=1S/C31H36FN7O4/c1-31(2)7-5-24(43-31)18-34-29(40)22-3-4-25(32)26(15-22)36-30(41)27-19-33-28-16-21(6-8-39(27)28)23-17-35-38(20-23)10-9-37-11-13-42-14-12-37/h3-4,6,8,15-17,19-20,24H,5,7,9-14,18H2,1-2H3,(H,34,40)(H,36,41). The lowest BCUT2D eigenvalue weighted by Crippen LogP contribution is -2.38. The Hall–Kier alpha value is -4.13. The molecule has 2 aliphatic heterocycles. The molecule has 1 unspecified atom stereocenters. The molecule has 4 aromatic rings. The average molecular weight is 590 g/mol. The maximum Gasteiger partial charge on any atom is 0.274 e. The number of hydrogen-bond acceptors (Lipinski definition) is 7. The van der Waals surface area contributed by atoms with Gasteiger partial charge in [-0.25, -0.2) is 9.37 Å². The van der Waals surface area contributed by atoms with Gasteiger partial charge in [-0.1, -0.05) is 0 Å². The molecule has 5 heterocycles. The second kappa shape index (κ2) is 12.2. The highest BCUT2D eigenvalue weighted by molar-refractivity contribution is 6.04. The van der Waals surface area contributed by atoms with E-state index in [1.807, 2.05) is 43.1 Å². The van der Waals surface area contributed by atoms with Gasteiger partial charge in [0.1, 0.15) is 17.2 Å². The van der Waals surface area contributed by atoms with Crippen LogP contribution < -0.4 is 10.6 Å². The Morgan fingerprint density at radius 2 is 1.91 bits per heavy atom. The monoisotopic (exact) mass is 589 g/mol. The first-order chi connectivity index (χ1) is 20.7. The van der Waals surface area contributed by atoms with E-state index in [0.29, 0.717) is 12.2 Å². The second-order valence-corrected chi connectivity index (χ2v) is 11.6. The molecule has 0 spiro atoms. The minimum Gasteiger partial charge on any atom is -0.379 e. The number of halogens is 1. The van der Waals surface area contributed by atoms with Crippen molar-refractivity contribution in [3.05, 3.63) is 72.2 Å². The number of amides is 2. The van der Waals surface area contributed by atoms with Crippen LogP contribution in [-0.2, 0) is 16.0 Å². The van der Waals surface area contributed by atoms with E-state index < -0.39 is 11.7 Å². The fraction of sp³-hybridized carbons (Fsp3) is 0.419. The molecule has 2 aliphatic rings. The van der Waals surface area contributed by atoms with E-state index in [2.05, 4.69) is 25.6 Å². The van der Waals surface area contributed by atoms with Crippen LogP contribution in [0.2, 0.25) is 0 Å². The van der Waals surface area contributed by atoms with Crippen molar-refractivity contribution in [2.75, 3.05) is 44.7 Å². The summed E-state index contributed by atoms with van der Waals surface area (Å²) in [6.45, 7) is 9.50. The summed E-state index contributed by atoms with van der Waals surface area (Å²) in [7, 11) is 0. The van der Waals surface area contributed by atoms with E-state index in [1.54, 1.807) is 10.6 Å². The number of ether oxygens (including phenoxy) is 2. The lowest BCUT2D eigenvalue weighted by Gasteiger charge is -2.26. The molecule has 2 amide bonds. The number of carbonyl (C=O) groups excluding carboxylic acids is 2. The van der Waals surface area contributed by atoms with Gasteiger partial charge in [0.15, 0.2) is 0 Å². The Balaban J connectivity index is 1.10. The number of aromatic nitrogens is 4. The van der Waals surface area contributed by atoms with Crippen molar-refractivity contribution in [3.8, 4) is 11.1 Å². The molecule has 11 nitrogen and oxygen atoms in total. The number of carbonyl (C=O) groups is 2. The quantitative estimate of drug-likeness (QED) is 0.307. The number of nitrogens with zero attached hydrogens (tertiary/aromatic N) is 5. The van der Waals surface area contributed by atoms with Crippen molar-refractivity contribution in [2.24, 2.45) is 0 Å². The lowest BCUT2D eigenvalue weighted by molar-refractivity contribution is -0.0138. The summed E-state index contributed by atoms with van der Waals surface area (Å²) in [6, 6.07) is 7.65.